The van der Waals surface area contributed by atoms with Crippen LogP contribution in [0, 0.1) is 6.92 Å². The summed E-state index contributed by atoms with van der Waals surface area (Å²) in [6, 6.07) is 8.99. The number of hydrogen-bond donors (Lipinski definition) is 2. The quantitative estimate of drug-likeness (QED) is 0.669. The molecule has 0 fully saturated rings. The van der Waals surface area contributed by atoms with E-state index in [9.17, 15) is 4.79 Å². The summed E-state index contributed by atoms with van der Waals surface area (Å²) in [6.45, 7) is 7.03. The monoisotopic (exact) mass is 358 g/mol. The Bertz CT molecular complexity index is 734. The number of ether oxygens (including phenoxy) is 2. The van der Waals surface area contributed by atoms with Crippen LogP contribution in [-0.2, 0) is 4.74 Å². The van der Waals surface area contributed by atoms with E-state index < -0.39 is 0 Å². The highest BCUT2D eigenvalue weighted by Crippen LogP contribution is 2.25. The molecule has 2 aromatic rings. The summed E-state index contributed by atoms with van der Waals surface area (Å²) in [7, 11) is 1.66. The van der Waals surface area contributed by atoms with Crippen LogP contribution in [0.5, 0.6) is 5.75 Å². The number of rotatable bonds is 9. The van der Waals surface area contributed by atoms with Gasteiger partial charge in [-0.2, -0.15) is 0 Å². The van der Waals surface area contributed by atoms with Crippen molar-refractivity contribution in [2.75, 3.05) is 30.9 Å². The summed E-state index contributed by atoms with van der Waals surface area (Å²) in [5.41, 5.74) is 1.62. The van der Waals surface area contributed by atoms with Crippen LogP contribution in [0.15, 0.2) is 30.3 Å². The predicted molar refractivity (Wildman–Crippen MR) is 102 cm³/mol. The summed E-state index contributed by atoms with van der Waals surface area (Å²) in [5.74, 6) is 0.743. The molecule has 0 bridgehead atoms. The molecular formula is C19H26N4O3. The van der Waals surface area contributed by atoms with Crippen LogP contribution in [0.1, 0.15) is 36.5 Å². The average molecular weight is 358 g/mol. The van der Waals surface area contributed by atoms with Gasteiger partial charge in [0.1, 0.15) is 11.4 Å². The van der Waals surface area contributed by atoms with E-state index in [2.05, 4.69) is 20.6 Å². The molecule has 0 aliphatic rings. The zero-order chi connectivity index (χ0) is 18.9. The average Bonchev–Trinajstić information content (AvgIpc) is 2.59. The third-order valence-corrected chi connectivity index (χ3v) is 3.39. The number of nitrogens with one attached hydrogen (secondary N) is 2. The molecular weight excluding hydrogens is 332 g/mol. The minimum absolute atomic E-state index is 0.0113. The molecule has 26 heavy (non-hydrogen) atoms. The fourth-order valence-electron chi connectivity index (χ4n) is 2.29. The third-order valence-electron chi connectivity index (χ3n) is 3.39. The predicted octanol–water partition coefficient (Wildman–Crippen LogP) is 3.27. The smallest absolute Gasteiger partial charge is 0.274 e. The van der Waals surface area contributed by atoms with Gasteiger partial charge in [-0.15, -0.1) is 0 Å². The lowest BCUT2D eigenvalue weighted by Crippen LogP contribution is -2.18. The zero-order valence-corrected chi connectivity index (χ0v) is 15.7. The highest BCUT2D eigenvalue weighted by Gasteiger charge is 2.14. The Morgan fingerprint density at radius 2 is 2.00 bits per heavy atom. The first kappa shape index (κ1) is 19.7. The van der Waals surface area contributed by atoms with Crippen molar-refractivity contribution in [3.8, 4) is 5.75 Å². The summed E-state index contributed by atoms with van der Waals surface area (Å²) in [5, 5.41) is 5.97. The fraction of sp³-hybridized carbons (Fsp3) is 0.421. The molecule has 1 aromatic heterocycles. The van der Waals surface area contributed by atoms with E-state index in [1.54, 1.807) is 19.2 Å². The maximum Gasteiger partial charge on any atom is 0.274 e. The molecule has 0 atom stereocenters. The second-order valence-electron chi connectivity index (χ2n) is 6.11. The lowest BCUT2D eigenvalue weighted by atomic mass is 10.2. The molecule has 7 heteroatoms. The van der Waals surface area contributed by atoms with Gasteiger partial charge in [0.25, 0.3) is 5.91 Å². The molecule has 2 rings (SSSR count). The van der Waals surface area contributed by atoms with Crippen LogP contribution >= 0.6 is 0 Å². The Balaban J connectivity index is 2.11. The minimum Gasteiger partial charge on any atom is -0.489 e. The molecule has 0 unspecified atom stereocenters. The summed E-state index contributed by atoms with van der Waals surface area (Å²) >= 11 is 0. The van der Waals surface area contributed by atoms with E-state index in [0.29, 0.717) is 41.9 Å². The second-order valence-corrected chi connectivity index (χ2v) is 6.11. The number of anilines is 2. The number of aromatic nitrogens is 2. The van der Waals surface area contributed by atoms with Gasteiger partial charge in [0, 0.05) is 26.0 Å². The van der Waals surface area contributed by atoms with Gasteiger partial charge in [0.05, 0.1) is 11.8 Å². The van der Waals surface area contributed by atoms with Gasteiger partial charge in [-0.05, 0) is 45.4 Å². The van der Waals surface area contributed by atoms with Gasteiger partial charge in [-0.25, -0.2) is 9.97 Å². The topological polar surface area (TPSA) is 85.4 Å². The number of aryl methyl sites for hydroxylation is 1. The number of carbonyl (C=O) groups excluding carboxylic acids is 1. The normalized spacial score (nSPS) is 10.7. The number of methoxy groups -OCH3 is 1. The van der Waals surface area contributed by atoms with E-state index in [4.69, 9.17) is 9.47 Å². The van der Waals surface area contributed by atoms with Crippen LogP contribution in [0.2, 0.25) is 0 Å². The van der Waals surface area contributed by atoms with Crippen molar-refractivity contribution in [1.82, 2.24) is 9.97 Å². The third kappa shape index (κ3) is 6.00. The first-order valence-corrected chi connectivity index (χ1v) is 8.65. The van der Waals surface area contributed by atoms with Crippen LogP contribution in [0.3, 0.4) is 0 Å². The van der Waals surface area contributed by atoms with Gasteiger partial charge in [-0.3, -0.25) is 4.79 Å². The van der Waals surface area contributed by atoms with Gasteiger partial charge >= 0.3 is 0 Å². The largest absolute Gasteiger partial charge is 0.489 e. The van der Waals surface area contributed by atoms with Crippen molar-refractivity contribution in [1.29, 1.82) is 0 Å². The van der Waals surface area contributed by atoms with E-state index in [1.165, 1.54) is 0 Å². The van der Waals surface area contributed by atoms with Crippen LogP contribution in [0.4, 0.5) is 11.6 Å². The number of nitrogens with zero attached hydrogens (tertiary/aromatic N) is 2. The van der Waals surface area contributed by atoms with E-state index in [0.717, 1.165) is 6.42 Å². The molecule has 1 amide bonds. The van der Waals surface area contributed by atoms with Crippen LogP contribution in [0.25, 0.3) is 0 Å². The number of para-hydroxylation sites is 2. The van der Waals surface area contributed by atoms with Crippen molar-refractivity contribution in [2.45, 2.75) is 33.3 Å². The first-order valence-electron chi connectivity index (χ1n) is 8.65. The molecule has 7 nitrogen and oxygen atoms in total. The van der Waals surface area contributed by atoms with Gasteiger partial charge in [-0.1, -0.05) is 12.1 Å². The maximum atomic E-state index is 12.6. The van der Waals surface area contributed by atoms with Gasteiger partial charge < -0.3 is 20.1 Å². The van der Waals surface area contributed by atoms with E-state index >= 15 is 0 Å². The Morgan fingerprint density at radius 1 is 1.23 bits per heavy atom. The van der Waals surface area contributed by atoms with Crippen molar-refractivity contribution >= 4 is 17.5 Å². The molecule has 0 spiro atoms. The molecule has 2 N–H and O–H groups in total. The summed E-state index contributed by atoms with van der Waals surface area (Å²) in [4.78, 5) is 21.2. The number of hydrogen-bond acceptors (Lipinski definition) is 6. The Labute approximate surface area is 154 Å². The van der Waals surface area contributed by atoms with Gasteiger partial charge in [0.15, 0.2) is 0 Å². The van der Waals surface area contributed by atoms with Crippen LogP contribution < -0.4 is 15.4 Å². The first-order chi connectivity index (χ1) is 12.5. The zero-order valence-electron chi connectivity index (χ0n) is 15.7. The van der Waals surface area contributed by atoms with Crippen molar-refractivity contribution in [3.05, 3.63) is 41.7 Å². The molecule has 0 radical (unpaired) electrons. The molecule has 140 valence electrons. The summed E-state index contributed by atoms with van der Waals surface area (Å²) < 4.78 is 10.7. The van der Waals surface area contributed by atoms with Crippen molar-refractivity contribution < 1.29 is 14.3 Å². The number of benzene rings is 1. The lowest BCUT2D eigenvalue weighted by molar-refractivity contribution is 0.102. The van der Waals surface area contributed by atoms with E-state index in [-0.39, 0.29) is 12.0 Å². The van der Waals surface area contributed by atoms with E-state index in [1.807, 2.05) is 39.0 Å². The Kier molecular flexibility index (Phi) is 7.35. The fourth-order valence-corrected chi connectivity index (χ4v) is 2.29. The molecule has 1 aromatic carbocycles. The summed E-state index contributed by atoms with van der Waals surface area (Å²) in [6.07, 6.45) is 0.840. The standard InChI is InChI=1S/C19H26N4O3/c1-13(2)26-17-9-6-5-8-15(17)22-18(24)16-12-14(3)21-19(23-16)20-10-7-11-25-4/h5-6,8-9,12-13H,7,10-11H2,1-4H3,(H,22,24)(H,20,21,23). The Hall–Kier alpha value is -2.67. The highest BCUT2D eigenvalue weighted by molar-refractivity contribution is 6.03. The second kappa shape index (κ2) is 9.72. The minimum atomic E-state index is -0.310. The highest BCUT2D eigenvalue weighted by atomic mass is 16.5. The van der Waals surface area contributed by atoms with Crippen molar-refractivity contribution in [2.24, 2.45) is 0 Å². The SMILES string of the molecule is COCCCNc1nc(C)cc(C(=O)Nc2ccccc2OC(C)C)n1. The number of amides is 1. The molecule has 1 heterocycles. The number of carbonyl (C=O) groups is 1. The molecule has 0 saturated carbocycles. The molecule has 0 aliphatic heterocycles. The lowest BCUT2D eigenvalue weighted by Gasteiger charge is -2.15. The van der Waals surface area contributed by atoms with Crippen molar-refractivity contribution in [3.63, 3.8) is 0 Å². The Morgan fingerprint density at radius 3 is 2.73 bits per heavy atom. The maximum absolute atomic E-state index is 12.6. The van der Waals surface area contributed by atoms with Gasteiger partial charge in [0.2, 0.25) is 5.95 Å². The molecule has 0 saturated heterocycles. The van der Waals surface area contributed by atoms with Crippen LogP contribution in [-0.4, -0.2) is 42.2 Å². The molecule has 0 aliphatic carbocycles.